The Morgan fingerprint density at radius 2 is 1.79 bits per heavy atom. The predicted molar refractivity (Wildman–Crippen MR) is 75.3 cm³/mol. The number of rotatable bonds is 4. The minimum atomic E-state index is -0.0779. The minimum absolute atomic E-state index is 0.0779. The number of nitrogens with one attached hydrogen (secondary N) is 1. The fraction of sp³-hybridized carbons (Fsp3) is 0.188. The number of amides is 1. The van der Waals surface area contributed by atoms with Gasteiger partial charge in [0.05, 0.1) is 7.11 Å². The van der Waals surface area contributed by atoms with Gasteiger partial charge < -0.3 is 10.1 Å². The summed E-state index contributed by atoms with van der Waals surface area (Å²) in [5.41, 5.74) is 2.94. The summed E-state index contributed by atoms with van der Waals surface area (Å²) >= 11 is 0. The molecule has 0 radical (unpaired) electrons. The standard InChI is InChI=1S/C16H17NO2/c1-12-5-3-4-6-14(12)11-17-16(18)13-7-9-15(19-2)10-8-13/h3-10H,11H2,1-2H3,(H,17,18). The topological polar surface area (TPSA) is 38.3 Å². The molecule has 0 saturated carbocycles. The van der Waals surface area contributed by atoms with Crippen LogP contribution in [0.4, 0.5) is 0 Å². The lowest BCUT2D eigenvalue weighted by atomic mass is 10.1. The Labute approximate surface area is 113 Å². The Kier molecular flexibility index (Phi) is 4.18. The van der Waals surface area contributed by atoms with Crippen molar-refractivity contribution in [3.8, 4) is 5.75 Å². The van der Waals surface area contributed by atoms with Crippen molar-refractivity contribution in [3.63, 3.8) is 0 Å². The fourth-order valence-electron chi connectivity index (χ4n) is 1.83. The Morgan fingerprint density at radius 3 is 2.42 bits per heavy atom. The summed E-state index contributed by atoms with van der Waals surface area (Å²) in [6, 6.07) is 15.1. The fourth-order valence-corrected chi connectivity index (χ4v) is 1.83. The third-order valence-corrected chi connectivity index (χ3v) is 3.05. The second-order valence-corrected chi connectivity index (χ2v) is 4.34. The van der Waals surface area contributed by atoms with Gasteiger partial charge in [-0.15, -0.1) is 0 Å². The van der Waals surface area contributed by atoms with E-state index in [9.17, 15) is 4.79 Å². The van der Waals surface area contributed by atoms with Crippen molar-refractivity contribution >= 4 is 5.91 Å². The molecule has 0 saturated heterocycles. The van der Waals surface area contributed by atoms with Gasteiger partial charge in [0.25, 0.3) is 5.91 Å². The first-order valence-electron chi connectivity index (χ1n) is 6.17. The van der Waals surface area contributed by atoms with Gasteiger partial charge in [-0.2, -0.15) is 0 Å². The molecule has 1 N–H and O–H groups in total. The van der Waals surface area contributed by atoms with Crippen LogP contribution in [0, 0.1) is 6.92 Å². The summed E-state index contributed by atoms with van der Waals surface area (Å²) < 4.78 is 5.06. The molecule has 1 amide bonds. The molecule has 0 atom stereocenters. The van der Waals surface area contributed by atoms with Crippen molar-refractivity contribution in [1.82, 2.24) is 5.32 Å². The van der Waals surface area contributed by atoms with Gasteiger partial charge in [-0.05, 0) is 42.3 Å². The smallest absolute Gasteiger partial charge is 0.251 e. The molecule has 2 aromatic carbocycles. The van der Waals surface area contributed by atoms with E-state index in [-0.39, 0.29) is 5.91 Å². The summed E-state index contributed by atoms with van der Waals surface area (Å²) in [5.74, 6) is 0.668. The molecular formula is C16H17NO2. The van der Waals surface area contributed by atoms with E-state index in [0.717, 1.165) is 11.3 Å². The van der Waals surface area contributed by atoms with Crippen molar-refractivity contribution in [2.24, 2.45) is 0 Å². The van der Waals surface area contributed by atoms with Gasteiger partial charge in [-0.25, -0.2) is 0 Å². The molecule has 0 aliphatic heterocycles. The minimum Gasteiger partial charge on any atom is -0.497 e. The van der Waals surface area contributed by atoms with Crippen LogP contribution in [0.2, 0.25) is 0 Å². The molecule has 2 rings (SSSR count). The summed E-state index contributed by atoms with van der Waals surface area (Å²) in [5, 5.41) is 2.91. The lowest BCUT2D eigenvalue weighted by Crippen LogP contribution is -2.23. The highest BCUT2D eigenvalue weighted by atomic mass is 16.5. The molecule has 0 aliphatic carbocycles. The molecule has 98 valence electrons. The van der Waals surface area contributed by atoms with E-state index < -0.39 is 0 Å². The normalized spacial score (nSPS) is 10.0. The molecule has 2 aromatic rings. The van der Waals surface area contributed by atoms with Crippen molar-refractivity contribution in [1.29, 1.82) is 0 Å². The monoisotopic (exact) mass is 255 g/mol. The van der Waals surface area contributed by atoms with Gasteiger partial charge >= 0.3 is 0 Å². The maximum Gasteiger partial charge on any atom is 0.251 e. The second-order valence-electron chi connectivity index (χ2n) is 4.34. The summed E-state index contributed by atoms with van der Waals surface area (Å²) in [4.78, 5) is 12.0. The first-order valence-corrected chi connectivity index (χ1v) is 6.17. The second kappa shape index (κ2) is 6.05. The number of ether oxygens (including phenoxy) is 1. The highest BCUT2D eigenvalue weighted by Gasteiger charge is 2.05. The van der Waals surface area contributed by atoms with Crippen LogP contribution in [0.5, 0.6) is 5.75 Å². The largest absolute Gasteiger partial charge is 0.497 e. The van der Waals surface area contributed by atoms with Gasteiger partial charge in [-0.1, -0.05) is 24.3 Å². The average molecular weight is 255 g/mol. The molecule has 0 aliphatic rings. The lowest BCUT2D eigenvalue weighted by Gasteiger charge is -2.08. The van der Waals surface area contributed by atoms with E-state index in [0.29, 0.717) is 12.1 Å². The van der Waals surface area contributed by atoms with Crippen LogP contribution < -0.4 is 10.1 Å². The van der Waals surface area contributed by atoms with Crippen LogP contribution in [-0.2, 0) is 6.54 Å². The summed E-state index contributed by atoms with van der Waals surface area (Å²) in [6.07, 6.45) is 0. The lowest BCUT2D eigenvalue weighted by molar-refractivity contribution is 0.0951. The van der Waals surface area contributed by atoms with Crippen LogP contribution in [0.3, 0.4) is 0 Å². The van der Waals surface area contributed by atoms with E-state index in [1.54, 1.807) is 31.4 Å². The van der Waals surface area contributed by atoms with Gasteiger partial charge in [-0.3, -0.25) is 4.79 Å². The van der Waals surface area contributed by atoms with Gasteiger partial charge in [0.2, 0.25) is 0 Å². The highest BCUT2D eigenvalue weighted by molar-refractivity contribution is 5.94. The summed E-state index contributed by atoms with van der Waals surface area (Å²) in [6.45, 7) is 2.58. The first kappa shape index (κ1) is 13.1. The van der Waals surface area contributed by atoms with Crippen LogP contribution in [0.1, 0.15) is 21.5 Å². The maximum atomic E-state index is 12.0. The number of hydrogen-bond donors (Lipinski definition) is 1. The third kappa shape index (κ3) is 3.35. The van der Waals surface area contributed by atoms with Gasteiger partial charge in [0.15, 0.2) is 0 Å². The van der Waals surface area contributed by atoms with Crippen molar-refractivity contribution in [3.05, 3.63) is 65.2 Å². The van der Waals surface area contributed by atoms with Crippen molar-refractivity contribution in [2.45, 2.75) is 13.5 Å². The molecule has 0 spiro atoms. The van der Waals surface area contributed by atoms with E-state index >= 15 is 0 Å². The number of hydrogen-bond acceptors (Lipinski definition) is 2. The number of methoxy groups -OCH3 is 1. The maximum absolute atomic E-state index is 12.0. The molecule has 19 heavy (non-hydrogen) atoms. The zero-order valence-corrected chi connectivity index (χ0v) is 11.1. The SMILES string of the molecule is COc1ccc(C(=O)NCc2ccccc2C)cc1. The zero-order chi connectivity index (χ0) is 13.7. The van der Waals surface area contributed by atoms with Gasteiger partial charge in [0, 0.05) is 12.1 Å². The molecule has 0 aromatic heterocycles. The van der Waals surface area contributed by atoms with Gasteiger partial charge in [0.1, 0.15) is 5.75 Å². The van der Waals surface area contributed by atoms with Crippen molar-refractivity contribution in [2.75, 3.05) is 7.11 Å². The quantitative estimate of drug-likeness (QED) is 0.912. The van der Waals surface area contributed by atoms with E-state index in [1.807, 2.05) is 31.2 Å². The molecule has 3 nitrogen and oxygen atoms in total. The highest BCUT2D eigenvalue weighted by Crippen LogP contribution is 2.12. The van der Waals surface area contributed by atoms with Crippen molar-refractivity contribution < 1.29 is 9.53 Å². The van der Waals surface area contributed by atoms with E-state index in [4.69, 9.17) is 4.74 Å². The molecule has 0 heterocycles. The number of aryl methyl sites for hydroxylation is 1. The number of benzene rings is 2. The Morgan fingerprint density at radius 1 is 1.11 bits per heavy atom. The summed E-state index contributed by atoms with van der Waals surface area (Å²) in [7, 11) is 1.60. The van der Waals surface area contributed by atoms with E-state index in [2.05, 4.69) is 5.32 Å². The molecule has 0 unspecified atom stereocenters. The van der Waals surface area contributed by atoms with Crippen LogP contribution in [-0.4, -0.2) is 13.0 Å². The molecular weight excluding hydrogens is 238 g/mol. The first-order chi connectivity index (χ1) is 9.20. The molecule has 0 bridgehead atoms. The zero-order valence-electron chi connectivity index (χ0n) is 11.1. The number of carbonyl (C=O) groups excluding carboxylic acids is 1. The van der Waals surface area contributed by atoms with Crippen LogP contribution in [0.25, 0.3) is 0 Å². The Bertz CT molecular complexity index is 561. The predicted octanol–water partition coefficient (Wildman–Crippen LogP) is 2.93. The number of carbonyl (C=O) groups is 1. The molecule has 0 fully saturated rings. The molecule has 3 heteroatoms. The Balaban J connectivity index is 1.99. The van der Waals surface area contributed by atoms with E-state index in [1.165, 1.54) is 5.56 Å². The third-order valence-electron chi connectivity index (χ3n) is 3.05. The average Bonchev–Trinajstić information content (AvgIpc) is 2.46. The van der Waals surface area contributed by atoms with Crippen LogP contribution >= 0.6 is 0 Å². The van der Waals surface area contributed by atoms with Crippen LogP contribution in [0.15, 0.2) is 48.5 Å². The Hall–Kier alpha value is -2.29.